The Kier molecular flexibility index (Phi) is 12.4. The fraction of sp³-hybridized carbons (Fsp3) is 0.357. The summed E-state index contributed by atoms with van der Waals surface area (Å²) in [5.41, 5.74) is 0. The van der Waals surface area contributed by atoms with E-state index in [1.807, 2.05) is 12.2 Å². The van der Waals surface area contributed by atoms with Crippen molar-refractivity contribution in [1.82, 2.24) is 0 Å². The van der Waals surface area contributed by atoms with E-state index in [2.05, 4.69) is 30.5 Å². The smallest absolute Gasteiger partial charge is 0.366 e. The van der Waals surface area contributed by atoms with E-state index in [-0.39, 0.29) is 12.2 Å². The lowest BCUT2D eigenvalue weighted by Gasteiger charge is -2.17. The van der Waals surface area contributed by atoms with Crippen LogP contribution in [0.25, 0.3) is 0 Å². The molecule has 0 radical (unpaired) electrons. The molecule has 0 spiro atoms. The molecule has 0 saturated heterocycles. The van der Waals surface area contributed by atoms with Gasteiger partial charge in [0.2, 0.25) is 0 Å². The van der Waals surface area contributed by atoms with Gasteiger partial charge in [0.05, 0.1) is 12.2 Å². The van der Waals surface area contributed by atoms with Gasteiger partial charge in [-0.25, -0.2) is 0 Å². The summed E-state index contributed by atoms with van der Waals surface area (Å²) in [5.74, 6) is -1.06. The Balaban J connectivity index is 0. The minimum Gasteiger partial charge on any atom is -0.366 e. The molecule has 0 fully saturated rings. The van der Waals surface area contributed by atoms with E-state index in [0.717, 1.165) is 19.8 Å². The van der Waals surface area contributed by atoms with Gasteiger partial charge in [-0.3, -0.25) is 9.35 Å². The molecule has 0 aliphatic carbocycles. The molecule has 0 aromatic rings. The highest BCUT2D eigenvalue weighted by Crippen LogP contribution is 2.09. The molecule has 2 unspecified atom stereocenters. The van der Waals surface area contributed by atoms with Gasteiger partial charge in [0.1, 0.15) is 0 Å². The minimum atomic E-state index is -4.57. The maximum absolute atomic E-state index is 9.70. The zero-order valence-electron chi connectivity index (χ0n) is 12.1. The monoisotopic (exact) mass is 318 g/mol. The Morgan fingerprint density at radius 1 is 1.10 bits per heavy atom. The standard InChI is InChI=1S/C12H18O.C2H4O5S/c1-5-9-11(7-3)13-12(8-4)10-6-2;1-2(3)7-8(4,5)6/h5-8,11-12H,1-4,9-10H2;1H3,(H,4,5,6). The summed E-state index contributed by atoms with van der Waals surface area (Å²) in [6.45, 7) is 15.6. The van der Waals surface area contributed by atoms with Crippen molar-refractivity contribution in [1.29, 1.82) is 0 Å². The third kappa shape index (κ3) is 16.2. The van der Waals surface area contributed by atoms with Crippen LogP contribution in [-0.2, 0) is 24.1 Å². The van der Waals surface area contributed by atoms with Crippen molar-refractivity contribution in [2.75, 3.05) is 0 Å². The first kappa shape index (κ1) is 21.6. The predicted molar refractivity (Wildman–Crippen MR) is 82.0 cm³/mol. The lowest BCUT2D eigenvalue weighted by Crippen LogP contribution is -2.17. The molecule has 120 valence electrons. The average Bonchev–Trinajstić information content (AvgIpc) is 2.35. The van der Waals surface area contributed by atoms with E-state index in [1.54, 1.807) is 12.2 Å². The molecule has 6 nitrogen and oxygen atoms in total. The third-order valence-corrected chi connectivity index (χ3v) is 2.34. The van der Waals surface area contributed by atoms with Crippen molar-refractivity contribution in [3.8, 4) is 0 Å². The second-order valence-electron chi connectivity index (χ2n) is 3.74. The van der Waals surface area contributed by atoms with Crippen LogP contribution in [0, 0.1) is 0 Å². The van der Waals surface area contributed by atoms with Gasteiger partial charge in [-0.2, -0.15) is 8.42 Å². The van der Waals surface area contributed by atoms with E-state index >= 15 is 0 Å². The summed E-state index contributed by atoms with van der Waals surface area (Å²) in [6, 6.07) is 0. The molecule has 0 aromatic carbocycles. The van der Waals surface area contributed by atoms with E-state index in [1.165, 1.54) is 0 Å². The molecule has 0 bridgehead atoms. The van der Waals surface area contributed by atoms with Crippen molar-refractivity contribution >= 4 is 16.4 Å². The molecule has 7 heteroatoms. The van der Waals surface area contributed by atoms with Crippen molar-refractivity contribution < 1.29 is 26.7 Å². The lowest BCUT2D eigenvalue weighted by atomic mass is 10.2. The number of ether oxygens (including phenoxy) is 1. The molecule has 0 saturated carbocycles. The summed E-state index contributed by atoms with van der Waals surface area (Å²) in [5, 5.41) is 0. The molecule has 1 N–H and O–H groups in total. The van der Waals surface area contributed by atoms with Crippen molar-refractivity contribution in [2.45, 2.75) is 32.0 Å². The zero-order valence-corrected chi connectivity index (χ0v) is 12.9. The maximum atomic E-state index is 9.70. The number of carbonyl (C=O) groups is 1. The summed E-state index contributed by atoms with van der Waals surface area (Å²) in [7, 11) is -4.57. The third-order valence-electron chi connectivity index (χ3n) is 1.90. The fourth-order valence-electron chi connectivity index (χ4n) is 1.12. The minimum absolute atomic E-state index is 0.0282. The van der Waals surface area contributed by atoms with Crippen LogP contribution in [0.1, 0.15) is 19.8 Å². The summed E-state index contributed by atoms with van der Waals surface area (Å²) in [4.78, 5) is 9.70. The predicted octanol–water partition coefficient (Wildman–Crippen LogP) is 2.62. The Morgan fingerprint density at radius 3 is 1.62 bits per heavy atom. The van der Waals surface area contributed by atoms with E-state index < -0.39 is 16.4 Å². The van der Waals surface area contributed by atoms with Crippen LogP contribution in [0.2, 0.25) is 0 Å². The largest absolute Gasteiger partial charge is 0.448 e. The Hall–Kier alpha value is -1.70. The first-order valence-electron chi connectivity index (χ1n) is 5.99. The lowest BCUT2D eigenvalue weighted by molar-refractivity contribution is -0.131. The topological polar surface area (TPSA) is 89.9 Å². The highest BCUT2D eigenvalue weighted by Gasteiger charge is 2.08. The summed E-state index contributed by atoms with van der Waals surface area (Å²) in [6.07, 6.45) is 8.82. The number of hydrogen-bond acceptors (Lipinski definition) is 5. The molecule has 21 heavy (non-hydrogen) atoms. The number of hydrogen-bond donors (Lipinski definition) is 1. The van der Waals surface area contributed by atoms with Gasteiger partial charge in [0.25, 0.3) is 0 Å². The molecular weight excluding hydrogens is 296 g/mol. The molecule has 2 atom stereocenters. The highest BCUT2D eigenvalue weighted by molar-refractivity contribution is 7.81. The van der Waals surface area contributed by atoms with Crippen molar-refractivity contribution in [3.05, 3.63) is 50.6 Å². The van der Waals surface area contributed by atoms with Gasteiger partial charge in [-0.1, -0.05) is 24.3 Å². The fourth-order valence-corrected chi connectivity index (χ4v) is 1.41. The molecule has 0 aromatic heterocycles. The van der Waals surface area contributed by atoms with E-state index in [9.17, 15) is 13.2 Å². The van der Waals surface area contributed by atoms with Crippen LogP contribution < -0.4 is 0 Å². The molecule has 0 heterocycles. The first-order valence-corrected chi connectivity index (χ1v) is 7.36. The van der Waals surface area contributed by atoms with Gasteiger partial charge in [0.15, 0.2) is 0 Å². The van der Waals surface area contributed by atoms with Crippen LogP contribution in [0.3, 0.4) is 0 Å². The van der Waals surface area contributed by atoms with Crippen molar-refractivity contribution in [3.63, 3.8) is 0 Å². The number of rotatable bonds is 9. The van der Waals surface area contributed by atoms with Crippen LogP contribution in [0.5, 0.6) is 0 Å². The van der Waals surface area contributed by atoms with Crippen molar-refractivity contribution in [2.24, 2.45) is 0 Å². The summed E-state index contributed by atoms with van der Waals surface area (Å²) < 4.78 is 35.8. The zero-order chi connectivity index (χ0) is 16.9. The van der Waals surface area contributed by atoms with E-state index in [4.69, 9.17) is 9.29 Å². The molecule has 0 aliphatic heterocycles. The quantitative estimate of drug-likeness (QED) is 0.519. The maximum Gasteiger partial charge on any atom is 0.448 e. The molecular formula is C14H22O6S. The van der Waals surface area contributed by atoms with Crippen LogP contribution in [-0.4, -0.2) is 31.1 Å². The Labute approximate surface area is 126 Å². The summed E-state index contributed by atoms with van der Waals surface area (Å²) >= 11 is 0. The second kappa shape index (κ2) is 12.1. The van der Waals surface area contributed by atoms with E-state index in [0.29, 0.717) is 0 Å². The normalized spacial score (nSPS) is 12.9. The molecule has 0 amide bonds. The second-order valence-corrected chi connectivity index (χ2v) is 4.76. The SMILES string of the molecule is C=CCC(C=C)OC(C=C)CC=C.CC(=O)OS(=O)(=O)O. The first-order chi connectivity index (χ1) is 9.69. The Bertz CT molecular complexity index is 432. The average molecular weight is 318 g/mol. The van der Waals surface area contributed by atoms with Crippen LogP contribution in [0.15, 0.2) is 50.6 Å². The van der Waals surface area contributed by atoms with Crippen LogP contribution in [0.4, 0.5) is 0 Å². The molecule has 0 rings (SSSR count). The van der Waals surface area contributed by atoms with Gasteiger partial charge >= 0.3 is 16.4 Å². The van der Waals surface area contributed by atoms with Gasteiger partial charge in [-0.05, 0) is 12.8 Å². The van der Waals surface area contributed by atoms with Crippen LogP contribution >= 0.6 is 0 Å². The van der Waals surface area contributed by atoms with Gasteiger partial charge < -0.3 is 8.92 Å². The van der Waals surface area contributed by atoms with Gasteiger partial charge in [-0.15, -0.1) is 26.3 Å². The molecule has 0 aliphatic rings. The number of carbonyl (C=O) groups excluding carboxylic acids is 1. The highest BCUT2D eigenvalue weighted by atomic mass is 32.3. The van der Waals surface area contributed by atoms with Gasteiger partial charge in [0, 0.05) is 6.92 Å². The Morgan fingerprint density at radius 2 is 1.48 bits per heavy atom.